The molecule has 6 rings (SSSR count). The Morgan fingerprint density at radius 1 is 0.971 bits per heavy atom. The molecule has 3 aromatic carbocycles. The van der Waals surface area contributed by atoms with Crippen LogP contribution in [0.3, 0.4) is 0 Å². The van der Waals surface area contributed by atoms with Crippen LogP contribution in [-0.4, -0.2) is 33.9 Å². The van der Waals surface area contributed by atoms with E-state index in [0.717, 1.165) is 23.0 Å². The first-order valence-corrected chi connectivity index (χ1v) is 11.4. The van der Waals surface area contributed by atoms with Gasteiger partial charge in [-0.1, -0.05) is 44.2 Å². The number of amides is 1. The van der Waals surface area contributed by atoms with E-state index in [-0.39, 0.29) is 24.3 Å². The van der Waals surface area contributed by atoms with Crippen LogP contribution in [0, 0.1) is 0 Å². The molecule has 2 aliphatic heterocycles. The maximum atomic E-state index is 13.5. The van der Waals surface area contributed by atoms with E-state index in [1.165, 1.54) is 0 Å². The summed E-state index contributed by atoms with van der Waals surface area (Å²) in [6, 6.07) is 16.8. The summed E-state index contributed by atoms with van der Waals surface area (Å²) in [4.78, 5) is 35.6. The Kier molecular flexibility index (Phi) is 5.78. The van der Waals surface area contributed by atoms with E-state index < -0.39 is 0 Å². The van der Waals surface area contributed by atoms with E-state index in [4.69, 9.17) is 15.2 Å². The van der Waals surface area contributed by atoms with Crippen LogP contribution >= 0.6 is 0 Å². The first kappa shape index (κ1) is 22.3. The number of carbonyl (C=O) groups is 2. The zero-order valence-corrected chi connectivity index (χ0v) is 19.4. The van der Waals surface area contributed by atoms with Crippen molar-refractivity contribution < 1.29 is 19.1 Å². The third-order valence-electron chi connectivity index (χ3n) is 6.03. The normalized spacial score (nSPS) is 13.3. The SMILES string of the molecule is CC.Nc1nc(C(=O)N2Cc3ccccc3C2)c2cc(-c3cc4c(cc3C=O)OCO4)ccc2n1. The lowest BCUT2D eigenvalue weighted by atomic mass is 9.97. The standard InChI is InChI=1S/C25H18N4O4.C2H6/c26-25-27-20-6-5-14(18-9-22-21(32-13-33-22)8-17(18)12-30)7-19(20)23(28-25)24(31)29-10-15-3-1-2-4-16(15)11-29;1-2/h1-9,12H,10-11,13H2,(H2,26,27,28);1-2H3. The van der Waals surface area contributed by atoms with E-state index in [9.17, 15) is 9.59 Å². The minimum atomic E-state index is -0.219. The summed E-state index contributed by atoms with van der Waals surface area (Å²) in [5.41, 5.74) is 10.8. The maximum Gasteiger partial charge on any atom is 0.273 e. The van der Waals surface area contributed by atoms with Crippen LogP contribution in [0.5, 0.6) is 11.5 Å². The summed E-state index contributed by atoms with van der Waals surface area (Å²) >= 11 is 0. The Balaban J connectivity index is 0.00000124. The number of aromatic nitrogens is 2. The number of nitrogens with two attached hydrogens (primary N) is 1. The zero-order valence-electron chi connectivity index (χ0n) is 19.4. The average molecular weight is 469 g/mol. The third-order valence-corrected chi connectivity index (χ3v) is 6.03. The Labute approximate surface area is 202 Å². The first-order chi connectivity index (χ1) is 17.1. The molecule has 0 saturated carbocycles. The van der Waals surface area contributed by atoms with Gasteiger partial charge in [-0.2, -0.15) is 0 Å². The molecular weight excluding hydrogens is 444 g/mol. The van der Waals surface area contributed by atoms with Crippen LogP contribution in [0.15, 0.2) is 54.6 Å². The topological polar surface area (TPSA) is 108 Å². The molecule has 0 saturated heterocycles. The number of hydrogen-bond acceptors (Lipinski definition) is 7. The second kappa shape index (κ2) is 9.06. The van der Waals surface area contributed by atoms with Crippen molar-refractivity contribution in [3.05, 3.63) is 77.0 Å². The van der Waals surface area contributed by atoms with Crippen LogP contribution in [0.25, 0.3) is 22.0 Å². The van der Waals surface area contributed by atoms with Gasteiger partial charge in [-0.25, -0.2) is 9.97 Å². The summed E-state index contributed by atoms with van der Waals surface area (Å²) in [5.74, 6) is 0.910. The van der Waals surface area contributed by atoms with Crippen LogP contribution < -0.4 is 15.2 Å². The zero-order chi connectivity index (χ0) is 24.5. The lowest BCUT2D eigenvalue weighted by Gasteiger charge is -2.17. The van der Waals surface area contributed by atoms with E-state index in [2.05, 4.69) is 9.97 Å². The van der Waals surface area contributed by atoms with E-state index in [0.29, 0.717) is 46.6 Å². The summed E-state index contributed by atoms with van der Waals surface area (Å²) in [6.07, 6.45) is 0.772. The molecule has 2 aliphatic rings. The van der Waals surface area contributed by atoms with Crippen LogP contribution in [0.1, 0.15) is 45.8 Å². The highest BCUT2D eigenvalue weighted by atomic mass is 16.7. The van der Waals surface area contributed by atoms with Crippen molar-refractivity contribution in [1.82, 2.24) is 14.9 Å². The number of carbonyl (C=O) groups excluding carboxylic acids is 2. The Bertz CT molecular complexity index is 1440. The second-order valence-electron chi connectivity index (χ2n) is 8.00. The molecule has 176 valence electrons. The number of anilines is 1. The van der Waals surface area contributed by atoms with Gasteiger partial charge in [-0.3, -0.25) is 9.59 Å². The lowest BCUT2D eigenvalue weighted by Crippen LogP contribution is -2.27. The molecule has 0 bridgehead atoms. The summed E-state index contributed by atoms with van der Waals surface area (Å²) in [5, 5.41) is 0.567. The fourth-order valence-corrected chi connectivity index (χ4v) is 4.41. The molecule has 8 heteroatoms. The number of benzene rings is 3. The summed E-state index contributed by atoms with van der Waals surface area (Å²) in [7, 11) is 0. The molecule has 0 radical (unpaired) electrons. The Hall–Kier alpha value is -4.46. The van der Waals surface area contributed by atoms with Crippen molar-refractivity contribution >= 4 is 29.0 Å². The first-order valence-electron chi connectivity index (χ1n) is 11.4. The van der Waals surface area contributed by atoms with Crippen LogP contribution in [-0.2, 0) is 13.1 Å². The molecule has 8 nitrogen and oxygen atoms in total. The molecule has 0 fully saturated rings. The number of aldehydes is 1. The van der Waals surface area contributed by atoms with Gasteiger partial charge in [0.2, 0.25) is 12.7 Å². The molecule has 4 aromatic rings. The fraction of sp³-hybridized carbons (Fsp3) is 0.185. The highest BCUT2D eigenvalue weighted by Crippen LogP contribution is 2.39. The summed E-state index contributed by atoms with van der Waals surface area (Å²) < 4.78 is 10.9. The van der Waals surface area contributed by atoms with Crippen molar-refractivity contribution in [3.63, 3.8) is 0 Å². The molecule has 1 aromatic heterocycles. The number of ether oxygens (including phenoxy) is 2. The van der Waals surface area contributed by atoms with Crippen LogP contribution in [0.2, 0.25) is 0 Å². The van der Waals surface area contributed by atoms with Gasteiger partial charge in [0.15, 0.2) is 17.8 Å². The molecular formula is C27H24N4O4. The van der Waals surface area contributed by atoms with Crippen molar-refractivity contribution in [2.45, 2.75) is 26.9 Å². The quantitative estimate of drug-likeness (QED) is 0.438. The predicted octanol–water partition coefficient (Wildman–Crippen LogP) is 4.60. The van der Waals surface area contributed by atoms with E-state index >= 15 is 0 Å². The summed E-state index contributed by atoms with van der Waals surface area (Å²) in [6.45, 7) is 5.13. The Morgan fingerprint density at radius 2 is 1.66 bits per heavy atom. The highest BCUT2D eigenvalue weighted by Gasteiger charge is 2.27. The van der Waals surface area contributed by atoms with Crippen molar-refractivity contribution in [1.29, 1.82) is 0 Å². The lowest BCUT2D eigenvalue weighted by molar-refractivity contribution is 0.0747. The molecule has 0 unspecified atom stereocenters. The predicted molar refractivity (Wildman–Crippen MR) is 132 cm³/mol. The van der Waals surface area contributed by atoms with Crippen molar-refractivity contribution in [2.24, 2.45) is 0 Å². The molecule has 3 heterocycles. The molecule has 0 aliphatic carbocycles. The second-order valence-corrected chi connectivity index (χ2v) is 8.00. The van der Waals surface area contributed by atoms with E-state index in [1.807, 2.05) is 50.2 Å². The maximum absolute atomic E-state index is 13.5. The third kappa shape index (κ3) is 3.93. The number of rotatable bonds is 3. The van der Waals surface area contributed by atoms with Crippen molar-refractivity contribution in [2.75, 3.05) is 12.5 Å². The number of nitrogen functional groups attached to an aromatic ring is 1. The molecule has 2 N–H and O–H groups in total. The minimum absolute atomic E-state index is 0.0342. The number of hydrogen-bond donors (Lipinski definition) is 1. The monoisotopic (exact) mass is 468 g/mol. The molecule has 0 atom stereocenters. The van der Waals surface area contributed by atoms with Gasteiger partial charge in [0.25, 0.3) is 5.91 Å². The van der Waals surface area contributed by atoms with Gasteiger partial charge in [0.05, 0.1) is 5.52 Å². The smallest absolute Gasteiger partial charge is 0.273 e. The van der Waals surface area contributed by atoms with Gasteiger partial charge in [-0.15, -0.1) is 0 Å². The average Bonchev–Trinajstić information content (AvgIpc) is 3.54. The van der Waals surface area contributed by atoms with Gasteiger partial charge < -0.3 is 20.1 Å². The minimum Gasteiger partial charge on any atom is -0.454 e. The van der Waals surface area contributed by atoms with Gasteiger partial charge in [0.1, 0.15) is 5.69 Å². The van der Waals surface area contributed by atoms with Crippen molar-refractivity contribution in [3.8, 4) is 22.6 Å². The largest absolute Gasteiger partial charge is 0.454 e. The highest BCUT2D eigenvalue weighted by molar-refractivity contribution is 6.06. The van der Waals surface area contributed by atoms with Gasteiger partial charge in [0, 0.05) is 24.0 Å². The van der Waals surface area contributed by atoms with E-state index in [1.54, 1.807) is 23.1 Å². The van der Waals surface area contributed by atoms with Gasteiger partial charge in [-0.05, 0) is 46.5 Å². The molecule has 0 spiro atoms. The van der Waals surface area contributed by atoms with Gasteiger partial charge >= 0.3 is 0 Å². The fourth-order valence-electron chi connectivity index (χ4n) is 4.41. The molecule has 35 heavy (non-hydrogen) atoms. The Morgan fingerprint density at radius 3 is 2.34 bits per heavy atom. The number of fused-ring (bicyclic) bond motifs is 3. The van der Waals surface area contributed by atoms with Crippen LogP contribution in [0.4, 0.5) is 5.95 Å². The number of nitrogens with zero attached hydrogens (tertiary/aromatic N) is 3. The molecule has 1 amide bonds.